The van der Waals surface area contributed by atoms with Crippen LogP contribution in [-0.2, 0) is 22.6 Å². The Morgan fingerprint density at radius 2 is 1.56 bits per heavy atom. The zero-order valence-electron chi connectivity index (χ0n) is 20.9. The van der Waals surface area contributed by atoms with Crippen LogP contribution in [0.1, 0.15) is 31.4 Å². The van der Waals surface area contributed by atoms with Gasteiger partial charge in [-0.15, -0.1) is 0 Å². The first kappa shape index (κ1) is 27.3. The van der Waals surface area contributed by atoms with Gasteiger partial charge in [-0.2, -0.15) is 0 Å². The molecule has 6 nitrogen and oxygen atoms in total. The standard InChI is InChI=1S/C29H33BrN2O4/c1-4-21(2)31-29(34)27(18-22-8-6-5-7-9-22)32(19-23-10-12-24(30)13-11-23)28(33)20-36-26-16-14-25(35-3)15-17-26/h5-17,21,27H,4,18-20H2,1-3H3,(H,31,34). The number of nitrogens with one attached hydrogen (secondary N) is 1. The fourth-order valence-electron chi connectivity index (χ4n) is 3.68. The van der Waals surface area contributed by atoms with Crippen molar-refractivity contribution in [1.82, 2.24) is 10.2 Å². The van der Waals surface area contributed by atoms with Gasteiger partial charge in [-0.3, -0.25) is 9.59 Å². The molecule has 3 rings (SSSR count). The molecule has 0 fully saturated rings. The van der Waals surface area contributed by atoms with Crippen LogP contribution in [0.25, 0.3) is 0 Å². The number of ether oxygens (including phenoxy) is 2. The topological polar surface area (TPSA) is 67.9 Å². The molecule has 0 spiro atoms. The number of hydrogen-bond acceptors (Lipinski definition) is 4. The minimum atomic E-state index is -0.697. The van der Waals surface area contributed by atoms with Crippen LogP contribution >= 0.6 is 15.9 Å². The highest BCUT2D eigenvalue weighted by atomic mass is 79.9. The number of rotatable bonds is 12. The van der Waals surface area contributed by atoms with Crippen molar-refractivity contribution >= 4 is 27.7 Å². The maximum Gasteiger partial charge on any atom is 0.261 e. The highest BCUT2D eigenvalue weighted by Gasteiger charge is 2.31. The summed E-state index contributed by atoms with van der Waals surface area (Å²) in [6.07, 6.45) is 1.19. The second kappa shape index (κ2) is 13.7. The molecule has 2 atom stereocenters. The van der Waals surface area contributed by atoms with Crippen molar-refractivity contribution < 1.29 is 19.1 Å². The van der Waals surface area contributed by atoms with E-state index in [-0.39, 0.29) is 31.0 Å². The maximum absolute atomic E-state index is 13.6. The summed E-state index contributed by atoms with van der Waals surface area (Å²) in [5.41, 5.74) is 1.90. The average molecular weight is 553 g/mol. The third-order valence-corrected chi connectivity index (χ3v) is 6.49. The Morgan fingerprint density at radius 3 is 2.17 bits per heavy atom. The van der Waals surface area contributed by atoms with E-state index in [0.717, 1.165) is 22.0 Å². The molecule has 36 heavy (non-hydrogen) atoms. The van der Waals surface area contributed by atoms with Crippen molar-refractivity contribution in [3.8, 4) is 11.5 Å². The van der Waals surface area contributed by atoms with Crippen LogP contribution in [0, 0.1) is 0 Å². The van der Waals surface area contributed by atoms with E-state index in [1.807, 2.05) is 68.4 Å². The predicted octanol–water partition coefficient (Wildman–Crippen LogP) is 5.39. The molecule has 7 heteroatoms. The van der Waals surface area contributed by atoms with Gasteiger partial charge in [0.25, 0.3) is 5.91 Å². The van der Waals surface area contributed by atoms with Crippen LogP contribution in [0.4, 0.5) is 0 Å². The fourth-order valence-corrected chi connectivity index (χ4v) is 3.95. The molecule has 0 saturated heterocycles. The molecule has 0 heterocycles. The van der Waals surface area contributed by atoms with E-state index < -0.39 is 6.04 Å². The van der Waals surface area contributed by atoms with Crippen LogP contribution in [0.2, 0.25) is 0 Å². The number of halogens is 1. The number of methoxy groups -OCH3 is 1. The number of hydrogen-bond donors (Lipinski definition) is 1. The summed E-state index contributed by atoms with van der Waals surface area (Å²) < 4.78 is 11.9. The lowest BCUT2D eigenvalue weighted by Crippen LogP contribution is -2.53. The third-order valence-electron chi connectivity index (χ3n) is 5.96. The van der Waals surface area contributed by atoms with Crippen molar-refractivity contribution in [1.29, 1.82) is 0 Å². The van der Waals surface area contributed by atoms with E-state index in [1.165, 1.54) is 0 Å². The lowest BCUT2D eigenvalue weighted by molar-refractivity contribution is -0.143. The normalized spacial score (nSPS) is 12.3. The Balaban J connectivity index is 1.88. The molecule has 0 radical (unpaired) electrons. The molecule has 1 N–H and O–H groups in total. The van der Waals surface area contributed by atoms with Gasteiger partial charge >= 0.3 is 0 Å². The molecular formula is C29H33BrN2O4. The van der Waals surface area contributed by atoms with Crippen LogP contribution in [0.5, 0.6) is 11.5 Å². The van der Waals surface area contributed by atoms with E-state index in [4.69, 9.17) is 9.47 Å². The molecular weight excluding hydrogens is 520 g/mol. The summed E-state index contributed by atoms with van der Waals surface area (Å²) in [5, 5.41) is 3.07. The first-order chi connectivity index (χ1) is 17.4. The van der Waals surface area contributed by atoms with Gasteiger partial charge in [0, 0.05) is 23.5 Å². The second-order valence-corrected chi connectivity index (χ2v) is 9.55. The van der Waals surface area contributed by atoms with Crippen molar-refractivity contribution in [2.75, 3.05) is 13.7 Å². The van der Waals surface area contributed by atoms with E-state index in [0.29, 0.717) is 17.9 Å². The molecule has 0 saturated carbocycles. The van der Waals surface area contributed by atoms with Gasteiger partial charge in [0.1, 0.15) is 17.5 Å². The Morgan fingerprint density at radius 1 is 0.917 bits per heavy atom. The molecule has 2 unspecified atom stereocenters. The number of benzene rings is 3. The van der Waals surface area contributed by atoms with Gasteiger partial charge in [0.05, 0.1) is 7.11 Å². The zero-order chi connectivity index (χ0) is 25.9. The van der Waals surface area contributed by atoms with Crippen molar-refractivity contribution in [2.24, 2.45) is 0 Å². The summed E-state index contributed by atoms with van der Waals surface area (Å²) in [4.78, 5) is 28.7. The number of carbonyl (C=O) groups is 2. The third kappa shape index (κ3) is 8.12. The largest absolute Gasteiger partial charge is 0.497 e. The van der Waals surface area contributed by atoms with Gasteiger partial charge in [-0.1, -0.05) is 65.3 Å². The highest BCUT2D eigenvalue weighted by Crippen LogP contribution is 2.20. The minimum absolute atomic E-state index is 0.00375. The van der Waals surface area contributed by atoms with E-state index in [2.05, 4.69) is 21.2 Å². The Kier molecular flexibility index (Phi) is 10.4. The summed E-state index contributed by atoms with van der Waals surface area (Å²) >= 11 is 3.46. The quantitative estimate of drug-likeness (QED) is 0.327. The van der Waals surface area contributed by atoms with Crippen molar-refractivity contribution in [3.05, 3.63) is 94.5 Å². The number of amides is 2. The SMILES string of the molecule is CCC(C)NC(=O)C(Cc1ccccc1)N(Cc1ccc(Br)cc1)C(=O)COc1ccc(OC)cc1. The lowest BCUT2D eigenvalue weighted by Gasteiger charge is -2.32. The summed E-state index contributed by atoms with van der Waals surface area (Å²) in [6, 6.07) is 23.9. The lowest BCUT2D eigenvalue weighted by atomic mass is 10.0. The molecule has 190 valence electrons. The van der Waals surface area contributed by atoms with Gasteiger partial charge in [-0.25, -0.2) is 0 Å². The molecule has 3 aromatic rings. The van der Waals surface area contributed by atoms with E-state index >= 15 is 0 Å². The van der Waals surface area contributed by atoms with Gasteiger partial charge in [0.15, 0.2) is 6.61 Å². The highest BCUT2D eigenvalue weighted by molar-refractivity contribution is 9.10. The van der Waals surface area contributed by atoms with Crippen molar-refractivity contribution in [2.45, 2.75) is 45.3 Å². The molecule has 0 aliphatic heterocycles. The fraction of sp³-hybridized carbons (Fsp3) is 0.310. The van der Waals surface area contributed by atoms with Gasteiger partial charge in [0.2, 0.25) is 5.91 Å². The summed E-state index contributed by atoms with van der Waals surface area (Å²) in [7, 11) is 1.59. The molecule has 0 aliphatic rings. The Hall–Kier alpha value is -3.32. The first-order valence-corrected chi connectivity index (χ1v) is 12.8. The number of carbonyl (C=O) groups excluding carboxylic acids is 2. The van der Waals surface area contributed by atoms with E-state index in [9.17, 15) is 9.59 Å². The zero-order valence-corrected chi connectivity index (χ0v) is 22.5. The first-order valence-electron chi connectivity index (χ1n) is 12.0. The minimum Gasteiger partial charge on any atom is -0.497 e. The van der Waals surface area contributed by atoms with E-state index in [1.54, 1.807) is 36.3 Å². The summed E-state index contributed by atoms with van der Waals surface area (Å²) in [5.74, 6) is 0.809. The molecule has 0 aliphatic carbocycles. The van der Waals surface area contributed by atoms with Gasteiger partial charge in [-0.05, 0) is 60.9 Å². The van der Waals surface area contributed by atoms with Crippen LogP contribution in [0.15, 0.2) is 83.3 Å². The van der Waals surface area contributed by atoms with Crippen molar-refractivity contribution in [3.63, 3.8) is 0 Å². The predicted molar refractivity (Wildman–Crippen MR) is 145 cm³/mol. The van der Waals surface area contributed by atoms with Gasteiger partial charge < -0.3 is 19.7 Å². The monoisotopic (exact) mass is 552 g/mol. The Labute approximate surface area is 221 Å². The molecule has 2 amide bonds. The number of nitrogens with zero attached hydrogens (tertiary/aromatic N) is 1. The molecule has 3 aromatic carbocycles. The van der Waals surface area contributed by atoms with Crippen LogP contribution in [0.3, 0.4) is 0 Å². The van der Waals surface area contributed by atoms with Crippen LogP contribution < -0.4 is 14.8 Å². The Bertz CT molecular complexity index is 1100. The maximum atomic E-state index is 13.6. The van der Waals surface area contributed by atoms with Crippen LogP contribution in [-0.4, -0.2) is 42.5 Å². The second-order valence-electron chi connectivity index (χ2n) is 8.64. The summed E-state index contributed by atoms with van der Waals surface area (Å²) in [6.45, 7) is 4.07. The molecule has 0 aromatic heterocycles. The smallest absolute Gasteiger partial charge is 0.261 e. The average Bonchev–Trinajstić information content (AvgIpc) is 2.91. The molecule has 0 bridgehead atoms.